The fourth-order valence-corrected chi connectivity index (χ4v) is 1.80. The van der Waals surface area contributed by atoms with Gasteiger partial charge in [0.05, 0.1) is 6.42 Å². The van der Waals surface area contributed by atoms with Crippen molar-refractivity contribution in [3.63, 3.8) is 0 Å². The van der Waals surface area contributed by atoms with Crippen LogP contribution in [0.1, 0.15) is 13.3 Å². The molecule has 0 heterocycles. The predicted octanol–water partition coefficient (Wildman–Crippen LogP) is 3.08. The second kappa shape index (κ2) is 4.87. The third-order valence-electron chi connectivity index (χ3n) is 2.54. The van der Waals surface area contributed by atoms with Crippen molar-refractivity contribution in [1.82, 2.24) is 0 Å². The zero-order valence-corrected chi connectivity index (χ0v) is 9.59. The van der Waals surface area contributed by atoms with Crippen molar-refractivity contribution in [3.8, 4) is 5.75 Å². The van der Waals surface area contributed by atoms with Gasteiger partial charge in [-0.3, -0.25) is 4.79 Å². The minimum absolute atomic E-state index is 0.00320. The van der Waals surface area contributed by atoms with Gasteiger partial charge in [0.15, 0.2) is 0 Å². The van der Waals surface area contributed by atoms with Gasteiger partial charge in [0.25, 0.3) is 0 Å². The number of carboxylic acid groups (broad SMARTS) is 1. The molecule has 0 saturated heterocycles. The Morgan fingerprint density at radius 3 is 2.71 bits per heavy atom. The van der Waals surface area contributed by atoms with E-state index in [-0.39, 0.29) is 12.5 Å². The Morgan fingerprint density at radius 2 is 1.94 bits per heavy atom. The Kier molecular flexibility index (Phi) is 3.28. The Labute approximate surface area is 99.6 Å². The van der Waals surface area contributed by atoms with Crippen LogP contribution in [-0.4, -0.2) is 17.2 Å². The highest BCUT2D eigenvalue weighted by molar-refractivity contribution is 5.88. The van der Waals surface area contributed by atoms with Gasteiger partial charge in [0, 0.05) is 5.39 Å². The van der Waals surface area contributed by atoms with Crippen molar-refractivity contribution in [3.05, 3.63) is 42.5 Å². The van der Waals surface area contributed by atoms with Crippen LogP contribution >= 0.6 is 0 Å². The summed E-state index contributed by atoms with van der Waals surface area (Å²) in [5.74, 6) is -0.116. The van der Waals surface area contributed by atoms with Crippen molar-refractivity contribution in [2.45, 2.75) is 19.4 Å². The molecule has 0 aliphatic carbocycles. The summed E-state index contributed by atoms with van der Waals surface area (Å²) in [6.07, 6.45) is -0.332. The van der Waals surface area contributed by atoms with Crippen LogP contribution in [0, 0.1) is 0 Å². The van der Waals surface area contributed by atoms with Crippen LogP contribution in [0.25, 0.3) is 10.8 Å². The van der Waals surface area contributed by atoms with Crippen LogP contribution in [0.2, 0.25) is 0 Å². The second-order valence-corrected chi connectivity index (χ2v) is 4.00. The maximum Gasteiger partial charge on any atom is 0.307 e. The summed E-state index contributed by atoms with van der Waals surface area (Å²) in [5.41, 5.74) is 0. The summed E-state index contributed by atoms with van der Waals surface area (Å²) in [5, 5.41) is 10.8. The number of hydrogen-bond acceptors (Lipinski definition) is 2. The molecule has 88 valence electrons. The third-order valence-corrected chi connectivity index (χ3v) is 2.54. The van der Waals surface area contributed by atoms with Crippen molar-refractivity contribution in [2.75, 3.05) is 0 Å². The van der Waals surface area contributed by atoms with Crippen LogP contribution in [0.15, 0.2) is 42.5 Å². The standard InChI is InChI=1S/C14H14O3/c1-10(9-14(15)16)17-13-8-4-6-11-5-2-3-7-12(11)13/h2-8,10H,9H2,1H3,(H,15,16)/t10-/m0/s1. The molecule has 0 amide bonds. The average molecular weight is 230 g/mol. The monoisotopic (exact) mass is 230 g/mol. The number of hydrogen-bond donors (Lipinski definition) is 1. The molecule has 0 aliphatic rings. The molecule has 2 aromatic carbocycles. The summed E-state index contributed by atoms with van der Waals surface area (Å²) in [6, 6.07) is 13.7. The average Bonchev–Trinajstić information content (AvgIpc) is 2.28. The van der Waals surface area contributed by atoms with E-state index < -0.39 is 5.97 Å². The number of benzene rings is 2. The van der Waals surface area contributed by atoms with E-state index in [4.69, 9.17) is 9.84 Å². The molecule has 0 aliphatic heterocycles. The normalized spacial score (nSPS) is 12.3. The predicted molar refractivity (Wildman–Crippen MR) is 66.3 cm³/mol. The Hall–Kier alpha value is -2.03. The molecule has 1 atom stereocenters. The van der Waals surface area contributed by atoms with Crippen LogP contribution in [0.5, 0.6) is 5.75 Å². The molecular weight excluding hydrogens is 216 g/mol. The molecule has 3 nitrogen and oxygen atoms in total. The maximum absolute atomic E-state index is 10.6. The summed E-state index contributed by atoms with van der Waals surface area (Å²) < 4.78 is 5.66. The third kappa shape index (κ3) is 2.75. The van der Waals surface area contributed by atoms with Gasteiger partial charge in [-0.25, -0.2) is 0 Å². The topological polar surface area (TPSA) is 46.5 Å². The lowest BCUT2D eigenvalue weighted by molar-refractivity contribution is -0.138. The smallest absolute Gasteiger partial charge is 0.307 e. The van der Waals surface area contributed by atoms with E-state index in [1.54, 1.807) is 6.92 Å². The zero-order valence-electron chi connectivity index (χ0n) is 9.59. The number of carboxylic acids is 1. The first-order valence-electron chi connectivity index (χ1n) is 5.53. The van der Waals surface area contributed by atoms with Crippen molar-refractivity contribution >= 4 is 16.7 Å². The highest BCUT2D eigenvalue weighted by atomic mass is 16.5. The lowest BCUT2D eigenvalue weighted by Gasteiger charge is -2.14. The SMILES string of the molecule is C[C@@H](CC(=O)O)Oc1cccc2ccccc12. The lowest BCUT2D eigenvalue weighted by atomic mass is 10.1. The van der Waals surface area contributed by atoms with Crippen molar-refractivity contribution < 1.29 is 14.6 Å². The lowest BCUT2D eigenvalue weighted by Crippen LogP contribution is -2.16. The largest absolute Gasteiger partial charge is 0.489 e. The first-order valence-corrected chi connectivity index (χ1v) is 5.53. The van der Waals surface area contributed by atoms with E-state index in [9.17, 15) is 4.79 Å². The molecule has 0 saturated carbocycles. The highest BCUT2D eigenvalue weighted by Crippen LogP contribution is 2.26. The summed E-state index contributed by atoms with van der Waals surface area (Å²) >= 11 is 0. The number of ether oxygens (including phenoxy) is 1. The molecule has 2 rings (SSSR count). The Balaban J connectivity index is 2.26. The van der Waals surface area contributed by atoms with Gasteiger partial charge in [-0.2, -0.15) is 0 Å². The Morgan fingerprint density at radius 1 is 1.24 bits per heavy atom. The van der Waals surface area contributed by atoms with Gasteiger partial charge in [0.1, 0.15) is 11.9 Å². The summed E-state index contributed by atoms with van der Waals surface area (Å²) in [4.78, 5) is 10.6. The zero-order chi connectivity index (χ0) is 12.3. The van der Waals surface area contributed by atoms with Gasteiger partial charge < -0.3 is 9.84 Å². The first-order chi connectivity index (χ1) is 8.16. The first kappa shape index (κ1) is 11.5. The molecule has 17 heavy (non-hydrogen) atoms. The van der Waals surface area contributed by atoms with Crippen LogP contribution < -0.4 is 4.74 Å². The fourth-order valence-electron chi connectivity index (χ4n) is 1.80. The summed E-state index contributed by atoms with van der Waals surface area (Å²) in [6.45, 7) is 1.76. The van der Waals surface area contributed by atoms with E-state index in [1.165, 1.54) is 0 Å². The molecule has 0 aromatic heterocycles. The number of rotatable bonds is 4. The molecule has 0 unspecified atom stereocenters. The minimum Gasteiger partial charge on any atom is -0.489 e. The van der Waals surface area contributed by atoms with E-state index in [2.05, 4.69) is 0 Å². The van der Waals surface area contributed by atoms with Crippen LogP contribution in [0.4, 0.5) is 0 Å². The molecule has 3 heteroatoms. The molecule has 0 radical (unpaired) electrons. The number of fused-ring (bicyclic) bond motifs is 1. The van der Waals surface area contributed by atoms with Gasteiger partial charge in [0.2, 0.25) is 0 Å². The maximum atomic E-state index is 10.6. The Bertz CT molecular complexity index is 528. The molecular formula is C14H14O3. The molecule has 1 N–H and O–H groups in total. The van der Waals surface area contributed by atoms with Gasteiger partial charge in [-0.1, -0.05) is 36.4 Å². The van der Waals surface area contributed by atoms with Crippen LogP contribution in [0.3, 0.4) is 0 Å². The highest BCUT2D eigenvalue weighted by Gasteiger charge is 2.10. The van der Waals surface area contributed by atoms with E-state index in [0.717, 1.165) is 16.5 Å². The van der Waals surface area contributed by atoms with Gasteiger partial charge in [-0.05, 0) is 18.4 Å². The minimum atomic E-state index is -0.849. The summed E-state index contributed by atoms with van der Waals surface area (Å²) in [7, 11) is 0. The second-order valence-electron chi connectivity index (χ2n) is 4.00. The van der Waals surface area contributed by atoms with E-state index in [1.807, 2.05) is 42.5 Å². The quantitative estimate of drug-likeness (QED) is 0.877. The van der Waals surface area contributed by atoms with E-state index in [0.29, 0.717) is 0 Å². The molecule has 0 fully saturated rings. The van der Waals surface area contributed by atoms with E-state index >= 15 is 0 Å². The van der Waals surface area contributed by atoms with Gasteiger partial charge >= 0.3 is 5.97 Å². The number of carbonyl (C=O) groups is 1. The molecule has 2 aromatic rings. The van der Waals surface area contributed by atoms with Crippen molar-refractivity contribution in [1.29, 1.82) is 0 Å². The molecule has 0 bridgehead atoms. The van der Waals surface area contributed by atoms with Crippen LogP contribution in [-0.2, 0) is 4.79 Å². The molecule has 0 spiro atoms. The number of aliphatic carboxylic acids is 1. The van der Waals surface area contributed by atoms with Crippen molar-refractivity contribution in [2.24, 2.45) is 0 Å². The van der Waals surface area contributed by atoms with Gasteiger partial charge in [-0.15, -0.1) is 0 Å². The fraction of sp³-hybridized carbons (Fsp3) is 0.214.